The molecule has 0 atom stereocenters. The predicted molar refractivity (Wildman–Crippen MR) is 136 cm³/mol. The van der Waals surface area contributed by atoms with Gasteiger partial charge >= 0.3 is 0 Å². The van der Waals surface area contributed by atoms with Gasteiger partial charge in [0.2, 0.25) is 5.88 Å². The molecule has 0 saturated carbocycles. The van der Waals surface area contributed by atoms with Gasteiger partial charge in [-0.05, 0) is 63.1 Å². The highest BCUT2D eigenvalue weighted by Gasteiger charge is 2.19. The van der Waals surface area contributed by atoms with E-state index < -0.39 is 0 Å². The molecule has 0 aliphatic carbocycles. The quantitative estimate of drug-likeness (QED) is 0.501. The lowest BCUT2D eigenvalue weighted by Gasteiger charge is -2.28. The van der Waals surface area contributed by atoms with Crippen LogP contribution in [0.5, 0.6) is 5.88 Å². The van der Waals surface area contributed by atoms with Gasteiger partial charge < -0.3 is 9.64 Å². The van der Waals surface area contributed by atoms with Crippen LogP contribution in [0.2, 0.25) is 0 Å². The molecule has 0 radical (unpaired) electrons. The van der Waals surface area contributed by atoms with E-state index in [0.29, 0.717) is 11.7 Å². The standard InChI is InChI=1S/C24H27N5O.C3H8/c1-5-19(20-14-26-23(6-2)27-16(20)3)17-7-8-21-22(13-17)28-24(15-25-21)30-18-9-11-29(4)12-10-18;1-3-2/h5-8,13-15,18H,2,9-12H2,1,3-4H3;3H2,1-2H3/b19-5-;. The van der Waals surface area contributed by atoms with Crippen molar-refractivity contribution in [3.63, 3.8) is 0 Å². The van der Waals surface area contributed by atoms with E-state index >= 15 is 0 Å². The van der Waals surface area contributed by atoms with E-state index in [4.69, 9.17) is 9.72 Å². The number of aromatic nitrogens is 4. The fourth-order valence-corrected chi connectivity index (χ4v) is 3.82. The lowest BCUT2D eigenvalue weighted by molar-refractivity contribution is 0.110. The number of likely N-dealkylation sites (tertiary alicyclic amines) is 1. The van der Waals surface area contributed by atoms with Crippen molar-refractivity contribution in [1.29, 1.82) is 0 Å². The summed E-state index contributed by atoms with van der Waals surface area (Å²) in [6, 6.07) is 6.11. The van der Waals surface area contributed by atoms with Gasteiger partial charge in [0.1, 0.15) is 6.10 Å². The molecular weight excluding hydrogens is 410 g/mol. The Morgan fingerprint density at radius 1 is 1.12 bits per heavy atom. The third kappa shape index (κ3) is 6.23. The molecule has 6 nitrogen and oxygen atoms in total. The van der Waals surface area contributed by atoms with E-state index in [9.17, 15) is 0 Å². The van der Waals surface area contributed by atoms with Crippen molar-refractivity contribution in [1.82, 2.24) is 24.8 Å². The summed E-state index contributed by atoms with van der Waals surface area (Å²) in [4.78, 5) is 20.5. The summed E-state index contributed by atoms with van der Waals surface area (Å²) in [5.74, 6) is 1.22. The van der Waals surface area contributed by atoms with Crippen LogP contribution in [0.3, 0.4) is 0 Å². The van der Waals surface area contributed by atoms with Crippen molar-refractivity contribution in [2.75, 3.05) is 20.1 Å². The second kappa shape index (κ2) is 11.7. The van der Waals surface area contributed by atoms with Crippen molar-refractivity contribution in [2.24, 2.45) is 0 Å². The second-order valence-corrected chi connectivity index (χ2v) is 8.37. The van der Waals surface area contributed by atoms with Gasteiger partial charge in [0.25, 0.3) is 0 Å². The summed E-state index contributed by atoms with van der Waals surface area (Å²) in [7, 11) is 2.14. The number of fused-ring (bicyclic) bond motifs is 1. The van der Waals surface area contributed by atoms with Gasteiger partial charge in [0, 0.05) is 30.5 Å². The van der Waals surface area contributed by atoms with E-state index in [0.717, 1.165) is 59.4 Å². The molecule has 0 amide bonds. The average Bonchev–Trinajstić information content (AvgIpc) is 2.82. The van der Waals surface area contributed by atoms with Crippen molar-refractivity contribution >= 4 is 22.7 Å². The molecule has 6 heteroatoms. The van der Waals surface area contributed by atoms with Crippen molar-refractivity contribution in [3.8, 4) is 5.88 Å². The molecule has 0 unspecified atom stereocenters. The summed E-state index contributed by atoms with van der Waals surface area (Å²) in [6.07, 6.45) is 10.8. The van der Waals surface area contributed by atoms with Crippen LogP contribution in [-0.2, 0) is 0 Å². The van der Waals surface area contributed by atoms with E-state index in [2.05, 4.69) is 65.5 Å². The zero-order chi connectivity index (χ0) is 23.8. The highest BCUT2D eigenvalue weighted by molar-refractivity contribution is 5.86. The van der Waals surface area contributed by atoms with Gasteiger partial charge in [0.05, 0.1) is 17.2 Å². The molecule has 3 aromatic rings. The molecular formula is C27H35N5O. The number of piperidine rings is 1. The minimum atomic E-state index is 0.199. The van der Waals surface area contributed by atoms with E-state index in [1.54, 1.807) is 12.3 Å². The van der Waals surface area contributed by atoms with Gasteiger partial charge in [-0.2, -0.15) is 0 Å². The smallest absolute Gasteiger partial charge is 0.233 e. The Morgan fingerprint density at radius 2 is 1.85 bits per heavy atom. The molecule has 1 aliphatic rings. The monoisotopic (exact) mass is 445 g/mol. The van der Waals surface area contributed by atoms with Crippen LogP contribution in [0.1, 0.15) is 62.7 Å². The molecule has 0 spiro atoms. The highest BCUT2D eigenvalue weighted by atomic mass is 16.5. The Hall–Kier alpha value is -3.12. The summed E-state index contributed by atoms with van der Waals surface area (Å²) < 4.78 is 6.12. The molecule has 174 valence electrons. The van der Waals surface area contributed by atoms with Crippen molar-refractivity contribution in [3.05, 3.63) is 65.9 Å². The molecule has 0 bridgehead atoms. The summed E-state index contributed by atoms with van der Waals surface area (Å²) in [6.45, 7) is 14.1. The molecule has 3 heterocycles. The Balaban J connectivity index is 0.000000968. The number of rotatable bonds is 5. The second-order valence-electron chi connectivity index (χ2n) is 8.37. The molecule has 1 aromatic carbocycles. The van der Waals surface area contributed by atoms with Crippen LogP contribution in [0, 0.1) is 6.92 Å². The van der Waals surface area contributed by atoms with E-state index in [1.165, 1.54) is 6.42 Å². The minimum Gasteiger partial charge on any atom is -0.473 e. The van der Waals surface area contributed by atoms with Crippen molar-refractivity contribution < 1.29 is 4.74 Å². The molecule has 1 aliphatic heterocycles. The van der Waals surface area contributed by atoms with Crippen LogP contribution in [0.4, 0.5) is 0 Å². The predicted octanol–water partition coefficient (Wildman–Crippen LogP) is 5.71. The number of nitrogens with zero attached hydrogens (tertiary/aromatic N) is 5. The van der Waals surface area contributed by atoms with Crippen LogP contribution in [0.15, 0.2) is 43.2 Å². The van der Waals surface area contributed by atoms with Crippen LogP contribution < -0.4 is 4.74 Å². The number of benzene rings is 1. The first-order valence-electron chi connectivity index (χ1n) is 11.7. The third-order valence-corrected chi connectivity index (χ3v) is 5.54. The molecule has 1 saturated heterocycles. The van der Waals surface area contributed by atoms with Crippen LogP contribution in [-0.4, -0.2) is 51.1 Å². The maximum absolute atomic E-state index is 6.12. The summed E-state index contributed by atoms with van der Waals surface area (Å²) >= 11 is 0. The van der Waals surface area contributed by atoms with Crippen LogP contribution >= 0.6 is 0 Å². The first-order chi connectivity index (χ1) is 16.0. The van der Waals surface area contributed by atoms with E-state index in [1.807, 2.05) is 26.1 Å². The zero-order valence-corrected chi connectivity index (χ0v) is 20.5. The number of hydrogen-bond donors (Lipinski definition) is 0. The molecule has 4 rings (SSSR count). The SMILES string of the molecule is C=Cc1ncc(/C(=C\C)c2ccc3ncc(OC4CCN(C)CC4)nc3c2)c(C)n1.CCC. The molecule has 1 fully saturated rings. The van der Waals surface area contributed by atoms with Crippen LogP contribution in [0.25, 0.3) is 22.7 Å². The number of aryl methyl sites for hydroxylation is 1. The van der Waals surface area contributed by atoms with E-state index in [-0.39, 0.29) is 6.10 Å². The number of hydrogen-bond acceptors (Lipinski definition) is 6. The topological polar surface area (TPSA) is 64.0 Å². The lowest BCUT2D eigenvalue weighted by Crippen LogP contribution is -2.35. The molecule has 33 heavy (non-hydrogen) atoms. The first kappa shape index (κ1) is 24.5. The fourth-order valence-electron chi connectivity index (χ4n) is 3.82. The largest absolute Gasteiger partial charge is 0.473 e. The fraction of sp³-hybridized carbons (Fsp3) is 0.407. The first-order valence-corrected chi connectivity index (χ1v) is 11.7. The zero-order valence-electron chi connectivity index (χ0n) is 20.5. The highest BCUT2D eigenvalue weighted by Crippen LogP contribution is 2.28. The summed E-state index contributed by atoms with van der Waals surface area (Å²) in [5.41, 5.74) is 5.69. The Bertz CT molecular complexity index is 1120. The van der Waals surface area contributed by atoms with Gasteiger partial charge in [-0.15, -0.1) is 0 Å². The van der Waals surface area contributed by atoms with Crippen molar-refractivity contribution in [2.45, 2.75) is 53.1 Å². The Kier molecular flexibility index (Phi) is 8.66. The normalized spacial score (nSPS) is 15.1. The molecule has 2 aromatic heterocycles. The third-order valence-electron chi connectivity index (χ3n) is 5.54. The number of ether oxygens (including phenoxy) is 1. The van der Waals surface area contributed by atoms with Gasteiger partial charge in [-0.25, -0.2) is 19.9 Å². The lowest BCUT2D eigenvalue weighted by atomic mass is 9.97. The Labute approximate surface area is 197 Å². The molecule has 0 N–H and O–H groups in total. The average molecular weight is 446 g/mol. The minimum absolute atomic E-state index is 0.199. The maximum atomic E-state index is 6.12. The Morgan fingerprint density at radius 3 is 2.48 bits per heavy atom. The van der Waals surface area contributed by atoms with Gasteiger partial charge in [-0.1, -0.05) is 39.0 Å². The number of allylic oxidation sites excluding steroid dienone is 1. The van der Waals surface area contributed by atoms with Gasteiger partial charge in [-0.3, -0.25) is 0 Å². The maximum Gasteiger partial charge on any atom is 0.233 e. The summed E-state index contributed by atoms with van der Waals surface area (Å²) in [5, 5.41) is 0. The van der Waals surface area contributed by atoms with Gasteiger partial charge in [0.15, 0.2) is 5.82 Å².